The molecule has 0 saturated heterocycles. The molecule has 1 aliphatic rings. The van der Waals surface area contributed by atoms with Crippen LogP contribution in [0.1, 0.15) is 22.7 Å². The van der Waals surface area contributed by atoms with E-state index in [2.05, 4.69) is 51.1 Å². The minimum Gasteiger partial charge on any atom is -0.347 e. The smallest absolute Gasteiger partial charge is 0.125 e. The molecule has 0 aliphatic carbocycles. The maximum absolute atomic E-state index is 5.74. The van der Waals surface area contributed by atoms with Crippen molar-refractivity contribution < 1.29 is 0 Å². The molecule has 0 fully saturated rings. The summed E-state index contributed by atoms with van der Waals surface area (Å²) >= 11 is 3.50. The fourth-order valence-corrected chi connectivity index (χ4v) is 3.59. The molecule has 5 heteroatoms. The molecule has 0 bridgehead atoms. The summed E-state index contributed by atoms with van der Waals surface area (Å²) in [6.07, 6.45) is 3.84. The van der Waals surface area contributed by atoms with E-state index in [4.69, 9.17) is 10.8 Å². The van der Waals surface area contributed by atoms with Crippen molar-refractivity contribution in [3.05, 3.63) is 99.1 Å². The highest BCUT2D eigenvalue weighted by molar-refractivity contribution is 9.10. The van der Waals surface area contributed by atoms with Crippen molar-refractivity contribution in [1.29, 1.82) is 0 Å². The first-order valence-electron chi connectivity index (χ1n) is 7.96. The van der Waals surface area contributed by atoms with Gasteiger partial charge in [-0.25, -0.2) is 5.84 Å². The molecule has 0 radical (unpaired) electrons. The monoisotopic (exact) mass is 392 g/mol. The van der Waals surface area contributed by atoms with Crippen molar-refractivity contribution in [1.82, 2.24) is 4.98 Å². The Morgan fingerprint density at radius 2 is 1.92 bits per heavy atom. The number of hydrazine groups is 1. The summed E-state index contributed by atoms with van der Waals surface area (Å²) < 4.78 is 1.04. The highest BCUT2D eigenvalue weighted by Crippen LogP contribution is 2.36. The van der Waals surface area contributed by atoms with Gasteiger partial charge in [-0.05, 0) is 29.3 Å². The first-order chi connectivity index (χ1) is 12.2. The third kappa shape index (κ3) is 2.62. The zero-order valence-corrected chi connectivity index (χ0v) is 15.0. The van der Waals surface area contributed by atoms with E-state index in [0.29, 0.717) is 0 Å². The number of fused-ring (bicyclic) bond motifs is 2. The van der Waals surface area contributed by atoms with Gasteiger partial charge in [-0.1, -0.05) is 58.9 Å². The largest absolute Gasteiger partial charge is 0.347 e. The number of allylic oxidation sites excluding steroid dienone is 1. The molecule has 1 aliphatic heterocycles. The van der Waals surface area contributed by atoms with Crippen LogP contribution in [0.25, 0.3) is 5.57 Å². The number of hydrogen-bond acceptors (Lipinski definition) is 3. The van der Waals surface area contributed by atoms with Crippen LogP contribution in [0.15, 0.2) is 76.8 Å². The molecular weight excluding hydrogens is 376 g/mol. The van der Waals surface area contributed by atoms with E-state index in [1.54, 1.807) is 0 Å². The molecule has 0 spiro atoms. The Morgan fingerprint density at radius 1 is 1.16 bits per heavy atom. The summed E-state index contributed by atoms with van der Waals surface area (Å²) in [7, 11) is 0. The maximum atomic E-state index is 5.74. The van der Waals surface area contributed by atoms with E-state index in [-0.39, 0.29) is 6.04 Å². The topological polar surface area (TPSA) is 66.2 Å². The average molecular weight is 393 g/mol. The molecule has 4 nitrogen and oxygen atoms in total. The highest BCUT2D eigenvalue weighted by atomic mass is 79.9. The molecule has 2 heterocycles. The molecule has 1 aromatic heterocycles. The number of H-pyrrole nitrogens is 1. The van der Waals surface area contributed by atoms with Crippen molar-refractivity contribution in [2.45, 2.75) is 6.04 Å². The van der Waals surface area contributed by atoms with Crippen molar-refractivity contribution in [3.63, 3.8) is 0 Å². The van der Waals surface area contributed by atoms with Gasteiger partial charge < -0.3 is 10.4 Å². The number of para-hydroxylation sites is 1. The Bertz CT molecular complexity index is 1060. The van der Waals surface area contributed by atoms with Crippen LogP contribution in [-0.4, -0.2) is 4.98 Å². The molecule has 2 aromatic carbocycles. The van der Waals surface area contributed by atoms with Gasteiger partial charge in [0.15, 0.2) is 0 Å². The predicted molar refractivity (Wildman–Crippen MR) is 105 cm³/mol. The van der Waals surface area contributed by atoms with Gasteiger partial charge in [0.1, 0.15) is 11.9 Å². The molecule has 4 rings (SSSR count). The summed E-state index contributed by atoms with van der Waals surface area (Å²) in [5.74, 6) is 6.51. The maximum Gasteiger partial charge on any atom is 0.125 e. The van der Waals surface area contributed by atoms with Gasteiger partial charge in [0.25, 0.3) is 0 Å². The Morgan fingerprint density at radius 3 is 2.64 bits per heavy atom. The molecule has 4 N–H and O–H groups in total. The number of aromatic nitrogens is 1. The number of rotatable bonds is 3. The quantitative estimate of drug-likeness (QED) is 0.473. The van der Waals surface area contributed by atoms with Crippen LogP contribution in [-0.2, 0) is 0 Å². The summed E-state index contributed by atoms with van der Waals surface area (Å²) in [4.78, 5) is 8.28. The lowest BCUT2D eigenvalue weighted by molar-refractivity contribution is 0.839. The SMILES string of the molecule is C=CC1=c2ccccc2=NC(c2ccc(Br)cc2)c2c[nH]c(NN)c21. The van der Waals surface area contributed by atoms with Crippen molar-refractivity contribution in [2.24, 2.45) is 10.8 Å². The van der Waals surface area contributed by atoms with Crippen molar-refractivity contribution in [2.75, 3.05) is 5.43 Å². The van der Waals surface area contributed by atoms with E-state index in [9.17, 15) is 0 Å². The van der Waals surface area contributed by atoms with E-state index >= 15 is 0 Å². The Balaban J connectivity index is 2.09. The third-order valence-corrected chi connectivity index (χ3v) is 5.00. The Labute approximate surface area is 153 Å². The lowest BCUT2D eigenvalue weighted by Crippen LogP contribution is -2.26. The van der Waals surface area contributed by atoms with Gasteiger partial charge in [0.2, 0.25) is 0 Å². The third-order valence-electron chi connectivity index (χ3n) is 4.47. The number of nitrogen functional groups attached to an aromatic ring is 1. The van der Waals surface area contributed by atoms with E-state index in [1.807, 2.05) is 42.6 Å². The van der Waals surface area contributed by atoms with Crippen LogP contribution in [0, 0.1) is 0 Å². The number of hydrogen-bond donors (Lipinski definition) is 3. The minimum absolute atomic E-state index is 0.125. The number of aromatic amines is 1. The van der Waals surface area contributed by atoms with Gasteiger partial charge in [0.05, 0.1) is 5.36 Å². The van der Waals surface area contributed by atoms with E-state index in [1.165, 1.54) is 0 Å². The molecule has 1 atom stereocenters. The molecule has 3 aromatic rings. The van der Waals surface area contributed by atoms with Crippen LogP contribution in [0.4, 0.5) is 5.82 Å². The van der Waals surface area contributed by atoms with Crippen LogP contribution in [0.2, 0.25) is 0 Å². The zero-order valence-electron chi connectivity index (χ0n) is 13.5. The molecule has 1 unspecified atom stereocenters. The van der Waals surface area contributed by atoms with Crippen molar-refractivity contribution >= 4 is 27.3 Å². The van der Waals surface area contributed by atoms with Crippen LogP contribution >= 0.6 is 15.9 Å². The molecule has 0 saturated carbocycles. The molecule has 0 amide bonds. The second kappa shape index (κ2) is 6.35. The minimum atomic E-state index is -0.125. The van der Waals surface area contributed by atoms with Gasteiger partial charge in [-0.15, -0.1) is 0 Å². The van der Waals surface area contributed by atoms with E-state index in [0.717, 1.165) is 43.1 Å². The second-order valence-corrected chi connectivity index (χ2v) is 6.77. The van der Waals surface area contributed by atoms with Gasteiger partial charge >= 0.3 is 0 Å². The van der Waals surface area contributed by atoms with Crippen LogP contribution in [0.5, 0.6) is 0 Å². The first-order valence-corrected chi connectivity index (χ1v) is 8.75. The van der Waals surface area contributed by atoms with E-state index < -0.39 is 0 Å². The van der Waals surface area contributed by atoms with Gasteiger partial charge in [0, 0.05) is 27.0 Å². The normalized spacial score (nSPS) is 15.6. The Hall–Kier alpha value is -2.63. The number of nitrogens with two attached hydrogens (primary N) is 1. The lowest BCUT2D eigenvalue weighted by Gasteiger charge is -2.14. The molecule has 25 heavy (non-hydrogen) atoms. The summed E-state index contributed by atoms with van der Waals surface area (Å²) in [5, 5.41) is 2.00. The second-order valence-electron chi connectivity index (χ2n) is 5.86. The zero-order chi connectivity index (χ0) is 17.4. The summed E-state index contributed by atoms with van der Waals surface area (Å²) in [6, 6.07) is 16.2. The lowest BCUT2D eigenvalue weighted by atomic mass is 9.94. The van der Waals surface area contributed by atoms with Crippen LogP contribution in [0.3, 0.4) is 0 Å². The average Bonchev–Trinajstić information content (AvgIpc) is 3.00. The Kier molecular flexibility index (Phi) is 4.03. The fraction of sp³-hybridized carbons (Fsp3) is 0.0500. The first kappa shape index (κ1) is 15.9. The number of nitrogens with one attached hydrogen (secondary N) is 2. The van der Waals surface area contributed by atoms with Gasteiger partial charge in [-0.3, -0.25) is 4.99 Å². The predicted octanol–water partition coefficient (Wildman–Crippen LogP) is 3.17. The standard InChI is InChI=1S/C20H17BrN4/c1-2-14-15-5-3-4-6-17(15)24-19(12-7-9-13(21)10-8-12)16-11-23-20(25-22)18(14)16/h2-11,19,23,25H,1,22H2. The number of benzene rings is 2. The van der Waals surface area contributed by atoms with Crippen molar-refractivity contribution in [3.8, 4) is 0 Å². The highest BCUT2D eigenvalue weighted by Gasteiger charge is 2.24. The summed E-state index contributed by atoms with van der Waals surface area (Å²) in [6.45, 7) is 4.02. The number of nitrogens with zero attached hydrogens (tertiary/aromatic N) is 1. The number of anilines is 1. The number of halogens is 1. The molecule has 124 valence electrons. The van der Waals surface area contributed by atoms with Gasteiger partial charge in [-0.2, -0.15) is 0 Å². The molecular formula is C20H17BrN4. The van der Waals surface area contributed by atoms with Crippen LogP contribution < -0.4 is 21.8 Å². The summed E-state index contributed by atoms with van der Waals surface area (Å²) in [5.41, 5.74) is 6.98. The fourth-order valence-electron chi connectivity index (χ4n) is 3.33.